The van der Waals surface area contributed by atoms with Crippen molar-refractivity contribution in [3.05, 3.63) is 24.1 Å². The van der Waals surface area contributed by atoms with E-state index in [4.69, 9.17) is 4.42 Å². The first-order chi connectivity index (χ1) is 8.69. The highest BCUT2D eigenvalue weighted by atomic mass is 16.5. The van der Waals surface area contributed by atoms with E-state index in [1.807, 2.05) is 25.1 Å². The Morgan fingerprint density at radius 2 is 2.33 bits per heavy atom. The number of ether oxygens (including phenoxy) is 1. The number of nitrogens with zero attached hydrogens (tertiary/aromatic N) is 1. The Kier molecular flexibility index (Phi) is 3.82. The van der Waals surface area contributed by atoms with E-state index in [0.717, 1.165) is 23.2 Å². The molecule has 2 aromatic rings. The average Bonchev–Trinajstić information content (AvgIpc) is 2.73. The van der Waals surface area contributed by atoms with Gasteiger partial charge in [-0.15, -0.1) is 0 Å². The highest BCUT2D eigenvalue weighted by Gasteiger charge is 2.03. The van der Waals surface area contributed by atoms with E-state index in [1.165, 1.54) is 7.11 Å². The number of anilines is 1. The lowest BCUT2D eigenvalue weighted by molar-refractivity contribution is -0.140. The molecule has 96 valence electrons. The van der Waals surface area contributed by atoms with Gasteiger partial charge in [0.25, 0.3) is 0 Å². The third-order valence-electron chi connectivity index (χ3n) is 2.61. The molecule has 5 heteroatoms. The quantitative estimate of drug-likeness (QED) is 0.650. The number of hydrogen-bond acceptors (Lipinski definition) is 5. The monoisotopic (exact) mass is 248 g/mol. The molecule has 18 heavy (non-hydrogen) atoms. The molecule has 0 fully saturated rings. The summed E-state index contributed by atoms with van der Waals surface area (Å²) in [6.45, 7) is 2.54. The highest BCUT2D eigenvalue weighted by Crippen LogP contribution is 2.19. The number of methoxy groups -OCH3 is 1. The largest absolute Gasteiger partial charge is 0.469 e. The van der Waals surface area contributed by atoms with Crippen LogP contribution in [-0.4, -0.2) is 24.6 Å². The third kappa shape index (κ3) is 3.00. The summed E-state index contributed by atoms with van der Waals surface area (Å²) in [7, 11) is 1.40. The highest BCUT2D eigenvalue weighted by molar-refractivity contribution is 5.77. The first-order valence-corrected chi connectivity index (χ1v) is 5.87. The van der Waals surface area contributed by atoms with Gasteiger partial charge in [0.05, 0.1) is 7.11 Å². The van der Waals surface area contributed by atoms with Gasteiger partial charge in [-0.25, -0.2) is 4.98 Å². The number of aromatic nitrogens is 1. The third-order valence-corrected chi connectivity index (χ3v) is 2.61. The molecule has 1 N–H and O–H groups in total. The van der Waals surface area contributed by atoms with Gasteiger partial charge in [0, 0.05) is 31.6 Å². The predicted molar refractivity (Wildman–Crippen MR) is 68.5 cm³/mol. The van der Waals surface area contributed by atoms with Crippen molar-refractivity contribution in [2.75, 3.05) is 19.0 Å². The second kappa shape index (κ2) is 5.53. The van der Waals surface area contributed by atoms with Crippen LogP contribution < -0.4 is 5.32 Å². The molecule has 0 saturated carbocycles. The molecule has 0 unspecified atom stereocenters. The number of fused-ring (bicyclic) bond motifs is 1. The number of oxazole rings is 1. The van der Waals surface area contributed by atoms with Crippen LogP contribution >= 0.6 is 0 Å². The van der Waals surface area contributed by atoms with Gasteiger partial charge in [-0.1, -0.05) is 0 Å². The van der Waals surface area contributed by atoms with Crippen LogP contribution in [0.4, 0.5) is 5.69 Å². The Bertz CT molecular complexity index is 548. The zero-order valence-corrected chi connectivity index (χ0v) is 10.5. The first kappa shape index (κ1) is 12.4. The predicted octanol–water partition coefficient (Wildman–Crippen LogP) is 2.50. The van der Waals surface area contributed by atoms with E-state index in [1.54, 1.807) is 0 Å². The van der Waals surface area contributed by atoms with Crippen LogP contribution in [0.5, 0.6) is 0 Å². The maximum Gasteiger partial charge on any atom is 0.305 e. The molecule has 1 aromatic heterocycles. The van der Waals surface area contributed by atoms with Crippen molar-refractivity contribution in [2.45, 2.75) is 19.8 Å². The molecule has 1 aromatic carbocycles. The van der Waals surface area contributed by atoms with Crippen molar-refractivity contribution in [3.8, 4) is 0 Å². The number of carbonyl (C=O) groups excluding carboxylic acids is 1. The van der Waals surface area contributed by atoms with Crippen LogP contribution in [0, 0.1) is 6.92 Å². The fourth-order valence-electron chi connectivity index (χ4n) is 1.72. The summed E-state index contributed by atoms with van der Waals surface area (Å²) >= 11 is 0. The summed E-state index contributed by atoms with van der Waals surface area (Å²) in [6.07, 6.45) is 1.16. The van der Waals surface area contributed by atoms with Crippen molar-refractivity contribution in [1.29, 1.82) is 0 Å². The van der Waals surface area contributed by atoms with E-state index in [0.29, 0.717) is 18.9 Å². The maximum absolute atomic E-state index is 10.9. The van der Waals surface area contributed by atoms with Crippen LogP contribution in [-0.2, 0) is 9.53 Å². The van der Waals surface area contributed by atoms with E-state index < -0.39 is 0 Å². The average molecular weight is 248 g/mol. The van der Waals surface area contributed by atoms with Crippen LogP contribution in [0.1, 0.15) is 18.7 Å². The molecule has 0 spiro atoms. The standard InChI is InChI=1S/C13H16N2O3/c1-9-15-11-6-5-10(8-12(11)18-9)14-7-3-4-13(16)17-2/h5-6,8,14H,3-4,7H2,1-2H3. The molecule has 0 atom stereocenters. The van der Waals surface area contributed by atoms with Gasteiger partial charge in [-0.3, -0.25) is 4.79 Å². The number of benzene rings is 1. The molecule has 0 saturated heterocycles. The molecule has 0 radical (unpaired) electrons. The van der Waals surface area contributed by atoms with Crippen molar-refractivity contribution >= 4 is 22.8 Å². The molecular weight excluding hydrogens is 232 g/mol. The van der Waals surface area contributed by atoms with Crippen molar-refractivity contribution in [1.82, 2.24) is 4.98 Å². The Morgan fingerprint density at radius 1 is 1.50 bits per heavy atom. The van der Waals surface area contributed by atoms with E-state index in [9.17, 15) is 4.79 Å². The molecule has 0 aliphatic carbocycles. The topological polar surface area (TPSA) is 64.4 Å². The van der Waals surface area contributed by atoms with Gasteiger partial charge in [0.1, 0.15) is 5.52 Å². The molecule has 2 rings (SSSR count). The van der Waals surface area contributed by atoms with Crippen LogP contribution in [0.3, 0.4) is 0 Å². The summed E-state index contributed by atoms with van der Waals surface area (Å²) in [6, 6.07) is 5.77. The van der Waals surface area contributed by atoms with Gasteiger partial charge in [-0.2, -0.15) is 0 Å². The van der Waals surface area contributed by atoms with Gasteiger partial charge >= 0.3 is 5.97 Å². The molecule has 5 nitrogen and oxygen atoms in total. The molecule has 0 aliphatic rings. The van der Waals surface area contributed by atoms with Gasteiger partial charge in [0.15, 0.2) is 11.5 Å². The molecule has 1 heterocycles. The minimum atomic E-state index is -0.182. The lowest BCUT2D eigenvalue weighted by atomic mass is 10.2. The van der Waals surface area contributed by atoms with E-state index in [-0.39, 0.29) is 5.97 Å². The Hall–Kier alpha value is -2.04. The minimum absolute atomic E-state index is 0.182. The number of aryl methyl sites for hydroxylation is 1. The fourth-order valence-corrected chi connectivity index (χ4v) is 1.72. The molecular formula is C13H16N2O3. The maximum atomic E-state index is 10.9. The summed E-state index contributed by atoms with van der Waals surface area (Å²) in [5.74, 6) is 0.478. The first-order valence-electron chi connectivity index (χ1n) is 5.87. The molecule has 0 aliphatic heterocycles. The number of carbonyl (C=O) groups is 1. The van der Waals surface area contributed by atoms with Gasteiger partial charge in [0.2, 0.25) is 0 Å². The van der Waals surface area contributed by atoms with Crippen molar-refractivity contribution in [2.24, 2.45) is 0 Å². The normalized spacial score (nSPS) is 10.6. The van der Waals surface area contributed by atoms with Gasteiger partial charge < -0.3 is 14.5 Å². The smallest absolute Gasteiger partial charge is 0.305 e. The van der Waals surface area contributed by atoms with Crippen LogP contribution in [0.2, 0.25) is 0 Å². The van der Waals surface area contributed by atoms with Gasteiger partial charge in [-0.05, 0) is 18.6 Å². The number of nitrogens with one attached hydrogen (secondary N) is 1. The Balaban J connectivity index is 1.89. The summed E-state index contributed by atoms with van der Waals surface area (Å²) < 4.78 is 10.0. The fraction of sp³-hybridized carbons (Fsp3) is 0.385. The Labute approximate surface area is 105 Å². The lowest BCUT2D eigenvalue weighted by Crippen LogP contribution is -2.06. The van der Waals surface area contributed by atoms with Crippen LogP contribution in [0.25, 0.3) is 11.1 Å². The number of rotatable bonds is 5. The second-order valence-electron chi connectivity index (χ2n) is 4.02. The molecule has 0 amide bonds. The van der Waals surface area contributed by atoms with Crippen molar-refractivity contribution in [3.63, 3.8) is 0 Å². The number of hydrogen-bond donors (Lipinski definition) is 1. The number of esters is 1. The molecule has 0 bridgehead atoms. The van der Waals surface area contributed by atoms with E-state index in [2.05, 4.69) is 15.0 Å². The lowest BCUT2D eigenvalue weighted by Gasteiger charge is -2.05. The SMILES string of the molecule is COC(=O)CCCNc1ccc2nc(C)oc2c1. The minimum Gasteiger partial charge on any atom is -0.469 e. The van der Waals surface area contributed by atoms with E-state index >= 15 is 0 Å². The summed E-state index contributed by atoms with van der Waals surface area (Å²) in [5.41, 5.74) is 2.58. The summed E-state index contributed by atoms with van der Waals surface area (Å²) in [4.78, 5) is 15.2. The zero-order chi connectivity index (χ0) is 13.0. The van der Waals surface area contributed by atoms with Crippen molar-refractivity contribution < 1.29 is 13.9 Å². The Morgan fingerprint density at radius 3 is 3.11 bits per heavy atom. The zero-order valence-electron chi connectivity index (χ0n) is 10.5. The second-order valence-corrected chi connectivity index (χ2v) is 4.02. The summed E-state index contributed by atoms with van der Waals surface area (Å²) in [5, 5.41) is 3.23. The van der Waals surface area contributed by atoms with Crippen LogP contribution in [0.15, 0.2) is 22.6 Å².